The van der Waals surface area contributed by atoms with Crippen molar-refractivity contribution in [2.45, 2.75) is 0 Å². The van der Waals surface area contributed by atoms with E-state index in [1.54, 1.807) is 20.3 Å². The molecule has 4 nitrogen and oxygen atoms in total. The van der Waals surface area contributed by atoms with Gasteiger partial charge in [-0.15, -0.1) is 0 Å². The van der Waals surface area contributed by atoms with Crippen LogP contribution in [0.15, 0.2) is 30.3 Å². The van der Waals surface area contributed by atoms with Gasteiger partial charge < -0.3 is 14.8 Å². The molecular weight excluding hydrogens is 343 g/mol. The summed E-state index contributed by atoms with van der Waals surface area (Å²) >= 11 is 13.7. The van der Waals surface area contributed by atoms with Crippen LogP contribution >= 0.6 is 34.5 Å². The molecule has 0 atom stereocenters. The van der Waals surface area contributed by atoms with Gasteiger partial charge in [0.05, 0.1) is 40.2 Å². The van der Waals surface area contributed by atoms with Gasteiger partial charge in [-0.25, -0.2) is 4.98 Å². The third kappa shape index (κ3) is 2.79. The third-order valence-corrected chi connectivity index (χ3v) is 4.84. The topological polar surface area (TPSA) is 43.4 Å². The highest BCUT2D eigenvalue weighted by molar-refractivity contribution is 7.22. The van der Waals surface area contributed by atoms with Gasteiger partial charge in [-0.1, -0.05) is 40.6 Å². The number of ether oxygens (including phenoxy) is 2. The molecule has 0 amide bonds. The lowest BCUT2D eigenvalue weighted by molar-refractivity contribution is 0.356. The number of benzene rings is 2. The molecule has 1 aromatic heterocycles. The number of nitrogens with one attached hydrogen (secondary N) is 1. The van der Waals surface area contributed by atoms with Crippen molar-refractivity contribution in [2.24, 2.45) is 0 Å². The van der Waals surface area contributed by atoms with Crippen molar-refractivity contribution in [1.29, 1.82) is 0 Å². The number of fused-ring (bicyclic) bond motifs is 1. The fourth-order valence-corrected chi connectivity index (χ4v) is 3.26. The molecule has 2 aromatic carbocycles. The Morgan fingerprint density at radius 1 is 1.09 bits per heavy atom. The van der Waals surface area contributed by atoms with E-state index in [-0.39, 0.29) is 0 Å². The summed E-state index contributed by atoms with van der Waals surface area (Å²) in [6.07, 6.45) is 0. The van der Waals surface area contributed by atoms with Gasteiger partial charge in [-0.2, -0.15) is 0 Å². The molecule has 0 aliphatic rings. The number of hydrogen-bond acceptors (Lipinski definition) is 5. The maximum Gasteiger partial charge on any atom is 0.188 e. The standard InChI is InChI=1S/C15H12Cl2N2O2S/c1-20-11-6-10-13(7-12(11)21-2)22-15(19-10)18-9-5-3-4-8(16)14(9)17/h3-7H,1-2H3,(H,18,19). The van der Waals surface area contributed by atoms with Crippen LogP contribution in [0.2, 0.25) is 10.0 Å². The minimum absolute atomic E-state index is 0.471. The second-order valence-electron chi connectivity index (χ2n) is 4.42. The fourth-order valence-electron chi connectivity index (χ4n) is 2.02. The van der Waals surface area contributed by atoms with Crippen LogP contribution in [0.1, 0.15) is 0 Å². The van der Waals surface area contributed by atoms with Crippen LogP contribution in [0.5, 0.6) is 11.5 Å². The summed E-state index contributed by atoms with van der Waals surface area (Å²) in [5, 5.41) is 4.87. The van der Waals surface area contributed by atoms with Crippen molar-refractivity contribution in [3.8, 4) is 11.5 Å². The highest BCUT2D eigenvalue weighted by Crippen LogP contribution is 2.38. The van der Waals surface area contributed by atoms with Gasteiger partial charge in [0.25, 0.3) is 0 Å². The van der Waals surface area contributed by atoms with E-state index in [9.17, 15) is 0 Å². The molecule has 0 saturated heterocycles. The second-order valence-corrected chi connectivity index (χ2v) is 6.24. The summed E-state index contributed by atoms with van der Waals surface area (Å²) in [6, 6.07) is 9.16. The molecule has 1 heterocycles. The summed E-state index contributed by atoms with van der Waals surface area (Å²) < 4.78 is 11.6. The SMILES string of the molecule is COc1cc2nc(Nc3cccc(Cl)c3Cl)sc2cc1OC. The first-order valence-corrected chi connectivity index (χ1v) is 7.93. The predicted octanol–water partition coefficient (Wildman–Crippen LogP) is 5.36. The molecular formula is C15H12Cl2N2O2S. The van der Waals surface area contributed by atoms with Crippen molar-refractivity contribution in [2.75, 3.05) is 19.5 Å². The van der Waals surface area contributed by atoms with E-state index in [2.05, 4.69) is 10.3 Å². The highest BCUT2D eigenvalue weighted by Gasteiger charge is 2.12. The van der Waals surface area contributed by atoms with Crippen molar-refractivity contribution in [1.82, 2.24) is 4.98 Å². The summed E-state index contributed by atoms with van der Waals surface area (Å²) in [7, 11) is 3.20. The molecule has 0 fully saturated rings. The van der Waals surface area contributed by atoms with Crippen LogP contribution in [-0.2, 0) is 0 Å². The quantitative estimate of drug-likeness (QED) is 0.684. The van der Waals surface area contributed by atoms with Crippen molar-refractivity contribution in [3.05, 3.63) is 40.4 Å². The monoisotopic (exact) mass is 354 g/mol. The lowest BCUT2D eigenvalue weighted by atomic mass is 10.3. The van der Waals surface area contributed by atoms with Crippen LogP contribution in [0.4, 0.5) is 10.8 Å². The van der Waals surface area contributed by atoms with E-state index in [1.807, 2.05) is 24.3 Å². The molecule has 3 rings (SSSR count). The first-order chi connectivity index (χ1) is 10.6. The van der Waals surface area contributed by atoms with Crippen LogP contribution in [-0.4, -0.2) is 19.2 Å². The molecule has 0 aliphatic carbocycles. The smallest absolute Gasteiger partial charge is 0.188 e. The molecule has 7 heteroatoms. The number of aromatic nitrogens is 1. The Labute approximate surface area is 141 Å². The summed E-state index contributed by atoms with van der Waals surface area (Å²) in [5.74, 6) is 1.32. The number of anilines is 2. The number of hydrogen-bond donors (Lipinski definition) is 1. The second kappa shape index (κ2) is 6.20. The summed E-state index contributed by atoms with van der Waals surface area (Å²) in [4.78, 5) is 4.53. The van der Waals surface area contributed by atoms with E-state index >= 15 is 0 Å². The zero-order valence-corrected chi connectivity index (χ0v) is 14.1. The van der Waals surface area contributed by atoms with Crippen LogP contribution < -0.4 is 14.8 Å². The third-order valence-electron chi connectivity index (χ3n) is 3.09. The first kappa shape index (κ1) is 15.2. The van der Waals surface area contributed by atoms with Crippen molar-refractivity contribution in [3.63, 3.8) is 0 Å². The number of thiazole rings is 1. The fraction of sp³-hybridized carbons (Fsp3) is 0.133. The van der Waals surface area contributed by atoms with Gasteiger partial charge in [0, 0.05) is 12.1 Å². The molecule has 0 saturated carbocycles. The molecule has 0 radical (unpaired) electrons. The average molecular weight is 355 g/mol. The molecule has 1 N–H and O–H groups in total. The molecule has 0 aliphatic heterocycles. The van der Waals surface area contributed by atoms with Gasteiger partial charge in [0.2, 0.25) is 0 Å². The van der Waals surface area contributed by atoms with Crippen LogP contribution in [0.25, 0.3) is 10.2 Å². The Balaban J connectivity index is 2.00. The number of rotatable bonds is 4. The lowest BCUT2D eigenvalue weighted by Gasteiger charge is -2.05. The summed E-state index contributed by atoms with van der Waals surface area (Å²) in [5.41, 5.74) is 1.54. The van der Waals surface area contributed by atoms with Gasteiger partial charge in [0.15, 0.2) is 16.6 Å². The minimum atomic E-state index is 0.471. The normalized spacial score (nSPS) is 10.7. The van der Waals surface area contributed by atoms with Gasteiger partial charge in [-0.3, -0.25) is 0 Å². The molecule has 0 spiro atoms. The lowest BCUT2D eigenvalue weighted by Crippen LogP contribution is -1.91. The maximum absolute atomic E-state index is 6.18. The Morgan fingerprint density at radius 2 is 1.82 bits per heavy atom. The Bertz CT molecular complexity index is 795. The number of nitrogens with zero attached hydrogens (tertiary/aromatic N) is 1. The molecule has 22 heavy (non-hydrogen) atoms. The van der Waals surface area contributed by atoms with E-state index in [0.717, 1.165) is 15.3 Å². The van der Waals surface area contributed by atoms with E-state index in [1.165, 1.54) is 11.3 Å². The predicted molar refractivity (Wildman–Crippen MR) is 92.5 cm³/mol. The molecule has 3 aromatic rings. The zero-order chi connectivity index (χ0) is 15.7. The van der Waals surface area contributed by atoms with Gasteiger partial charge in [-0.05, 0) is 12.1 Å². The largest absolute Gasteiger partial charge is 0.493 e. The van der Waals surface area contributed by atoms with Gasteiger partial charge in [0.1, 0.15) is 0 Å². The van der Waals surface area contributed by atoms with Crippen molar-refractivity contribution < 1.29 is 9.47 Å². The minimum Gasteiger partial charge on any atom is -0.493 e. The number of halogens is 2. The summed E-state index contributed by atoms with van der Waals surface area (Å²) in [6.45, 7) is 0. The molecule has 114 valence electrons. The van der Waals surface area contributed by atoms with Gasteiger partial charge >= 0.3 is 0 Å². The van der Waals surface area contributed by atoms with Crippen molar-refractivity contribution >= 4 is 55.6 Å². The van der Waals surface area contributed by atoms with Crippen LogP contribution in [0.3, 0.4) is 0 Å². The zero-order valence-electron chi connectivity index (χ0n) is 11.8. The Kier molecular flexibility index (Phi) is 4.29. The first-order valence-electron chi connectivity index (χ1n) is 6.36. The van der Waals surface area contributed by atoms with E-state index < -0.39 is 0 Å². The highest BCUT2D eigenvalue weighted by atomic mass is 35.5. The van der Waals surface area contributed by atoms with E-state index in [4.69, 9.17) is 32.7 Å². The number of methoxy groups -OCH3 is 2. The molecule has 0 bridgehead atoms. The Hall–Kier alpha value is -1.69. The average Bonchev–Trinajstić information content (AvgIpc) is 2.91. The molecule has 0 unspecified atom stereocenters. The maximum atomic E-state index is 6.18. The van der Waals surface area contributed by atoms with E-state index in [0.29, 0.717) is 27.2 Å². The van der Waals surface area contributed by atoms with Crippen LogP contribution in [0, 0.1) is 0 Å². The Morgan fingerprint density at radius 3 is 2.55 bits per heavy atom.